The van der Waals surface area contributed by atoms with Crippen LogP contribution in [0.15, 0.2) is 36.4 Å². The van der Waals surface area contributed by atoms with E-state index in [2.05, 4.69) is 5.32 Å². The quantitative estimate of drug-likeness (QED) is 0.266. The lowest BCUT2D eigenvalue weighted by molar-refractivity contribution is -0.384. The van der Waals surface area contributed by atoms with Crippen LogP contribution in [0.5, 0.6) is 11.5 Å². The summed E-state index contributed by atoms with van der Waals surface area (Å²) >= 11 is 0. The van der Waals surface area contributed by atoms with Crippen LogP contribution in [0.25, 0.3) is 0 Å². The standard InChI is InChI=1S/C25H31N3O8/c1-3-4-12-35-23-14-21(26-25(31)36-16-17-7-9-18(10-8-17)28(32)33)20(13-22(23)34-2)24(30)27-11-5-6-19(27)15-29/h7-10,13-14,19,29H,3-6,11-12,15-16H2,1-2H3,(H,26,31)/t19-/m0/s1. The molecule has 1 saturated heterocycles. The molecule has 3 rings (SSSR count). The maximum absolute atomic E-state index is 13.4. The van der Waals surface area contributed by atoms with Crippen molar-refractivity contribution in [1.82, 2.24) is 4.90 Å². The molecule has 11 heteroatoms. The summed E-state index contributed by atoms with van der Waals surface area (Å²) in [4.78, 5) is 37.9. The number of benzene rings is 2. The number of carbonyl (C=O) groups excluding carboxylic acids is 2. The molecular weight excluding hydrogens is 470 g/mol. The van der Waals surface area contributed by atoms with Crippen LogP contribution < -0.4 is 14.8 Å². The smallest absolute Gasteiger partial charge is 0.411 e. The molecule has 0 aliphatic carbocycles. The van der Waals surface area contributed by atoms with E-state index in [0.717, 1.165) is 19.3 Å². The van der Waals surface area contributed by atoms with Gasteiger partial charge in [0.2, 0.25) is 0 Å². The monoisotopic (exact) mass is 501 g/mol. The molecule has 2 N–H and O–H groups in total. The number of non-ortho nitro benzene ring substituents is 1. The molecule has 0 aromatic heterocycles. The number of methoxy groups -OCH3 is 1. The van der Waals surface area contributed by atoms with E-state index < -0.39 is 11.0 Å². The summed E-state index contributed by atoms with van der Waals surface area (Å²) in [6.45, 7) is 2.68. The molecule has 2 aromatic carbocycles. The Kier molecular flexibility index (Phi) is 9.46. The SMILES string of the molecule is CCCCOc1cc(NC(=O)OCc2ccc([N+](=O)[O-])cc2)c(C(=O)N2CCC[C@H]2CO)cc1OC. The van der Waals surface area contributed by atoms with E-state index in [-0.39, 0.29) is 42.1 Å². The third-order valence-electron chi connectivity index (χ3n) is 5.89. The van der Waals surface area contributed by atoms with Gasteiger partial charge in [0.25, 0.3) is 11.6 Å². The van der Waals surface area contributed by atoms with Gasteiger partial charge in [-0.2, -0.15) is 0 Å². The van der Waals surface area contributed by atoms with Crippen LogP contribution in [0.3, 0.4) is 0 Å². The molecule has 1 aliphatic heterocycles. The minimum atomic E-state index is -0.813. The topological polar surface area (TPSA) is 140 Å². The normalized spacial score (nSPS) is 14.9. The van der Waals surface area contributed by atoms with Crippen LogP contribution in [0.4, 0.5) is 16.2 Å². The van der Waals surface area contributed by atoms with Crippen molar-refractivity contribution in [2.24, 2.45) is 0 Å². The number of carbonyl (C=O) groups is 2. The molecule has 36 heavy (non-hydrogen) atoms. The number of hydrogen-bond acceptors (Lipinski definition) is 8. The Balaban J connectivity index is 1.82. The average molecular weight is 502 g/mol. The molecule has 0 bridgehead atoms. The zero-order valence-electron chi connectivity index (χ0n) is 20.4. The summed E-state index contributed by atoms with van der Waals surface area (Å²) in [6, 6.07) is 8.38. The highest BCUT2D eigenvalue weighted by molar-refractivity contribution is 6.03. The number of unbranched alkanes of at least 4 members (excludes halogenated alkanes) is 1. The zero-order valence-corrected chi connectivity index (χ0v) is 20.4. The molecule has 2 aromatic rings. The number of hydrogen-bond donors (Lipinski definition) is 2. The number of anilines is 1. The van der Waals surface area contributed by atoms with Crippen LogP contribution >= 0.6 is 0 Å². The number of nitrogens with zero attached hydrogens (tertiary/aromatic N) is 2. The predicted molar refractivity (Wildman–Crippen MR) is 131 cm³/mol. The van der Waals surface area contributed by atoms with E-state index in [1.807, 2.05) is 6.92 Å². The van der Waals surface area contributed by atoms with Gasteiger partial charge in [-0.1, -0.05) is 13.3 Å². The summed E-state index contributed by atoms with van der Waals surface area (Å²) < 4.78 is 16.5. The van der Waals surface area contributed by atoms with Crippen molar-refractivity contribution in [2.45, 2.75) is 45.3 Å². The molecule has 194 valence electrons. The van der Waals surface area contributed by atoms with Crippen molar-refractivity contribution in [2.75, 3.05) is 32.2 Å². The second-order valence-electron chi connectivity index (χ2n) is 8.35. The molecule has 1 heterocycles. The fraction of sp³-hybridized carbons (Fsp3) is 0.440. The van der Waals surface area contributed by atoms with E-state index >= 15 is 0 Å². The van der Waals surface area contributed by atoms with Gasteiger partial charge in [-0.3, -0.25) is 20.2 Å². The Labute approximate surface area is 209 Å². The van der Waals surface area contributed by atoms with Crippen LogP contribution in [0.1, 0.15) is 48.5 Å². The number of amides is 2. The Morgan fingerprint density at radius 3 is 2.61 bits per heavy atom. The van der Waals surface area contributed by atoms with Gasteiger partial charge in [-0.15, -0.1) is 0 Å². The number of rotatable bonds is 11. The molecule has 2 amide bonds. The summed E-state index contributed by atoms with van der Waals surface area (Å²) in [5, 5.41) is 23.1. The Hall–Kier alpha value is -3.86. The Bertz CT molecular complexity index is 1070. The highest BCUT2D eigenvalue weighted by Gasteiger charge is 2.31. The van der Waals surface area contributed by atoms with Gasteiger partial charge >= 0.3 is 6.09 Å². The Morgan fingerprint density at radius 2 is 1.97 bits per heavy atom. The van der Waals surface area contributed by atoms with Crippen molar-refractivity contribution in [3.63, 3.8) is 0 Å². The molecule has 11 nitrogen and oxygen atoms in total. The van der Waals surface area contributed by atoms with Crippen LogP contribution in [-0.4, -0.2) is 59.8 Å². The highest BCUT2D eigenvalue weighted by Crippen LogP contribution is 2.35. The van der Waals surface area contributed by atoms with Gasteiger partial charge < -0.3 is 24.2 Å². The maximum Gasteiger partial charge on any atom is 0.411 e. The highest BCUT2D eigenvalue weighted by atomic mass is 16.6. The second kappa shape index (κ2) is 12.7. The molecule has 0 saturated carbocycles. The second-order valence-corrected chi connectivity index (χ2v) is 8.35. The van der Waals surface area contributed by atoms with Crippen molar-refractivity contribution < 1.29 is 33.8 Å². The largest absolute Gasteiger partial charge is 0.493 e. The zero-order chi connectivity index (χ0) is 26.1. The first kappa shape index (κ1) is 26.7. The minimum absolute atomic E-state index is 0.0664. The van der Waals surface area contributed by atoms with Crippen LogP contribution in [0, 0.1) is 10.1 Å². The summed E-state index contributed by atoms with van der Waals surface area (Å²) in [6.07, 6.45) is 2.39. The maximum atomic E-state index is 13.4. The average Bonchev–Trinajstić information content (AvgIpc) is 3.36. The van der Waals surface area contributed by atoms with Crippen molar-refractivity contribution in [1.29, 1.82) is 0 Å². The number of aliphatic hydroxyl groups is 1. The first-order valence-corrected chi connectivity index (χ1v) is 11.8. The molecule has 0 unspecified atom stereocenters. The third kappa shape index (κ3) is 6.63. The minimum Gasteiger partial charge on any atom is -0.493 e. The first-order chi connectivity index (χ1) is 17.4. The molecule has 1 atom stereocenters. The van der Waals surface area contributed by atoms with E-state index in [0.29, 0.717) is 36.6 Å². The molecule has 1 fully saturated rings. The van der Waals surface area contributed by atoms with Crippen LogP contribution in [0.2, 0.25) is 0 Å². The number of ether oxygens (including phenoxy) is 3. The van der Waals surface area contributed by atoms with Crippen molar-refractivity contribution >= 4 is 23.4 Å². The lowest BCUT2D eigenvalue weighted by Crippen LogP contribution is -2.38. The summed E-state index contributed by atoms with van der Waals surface area (Å²) in [5.74, 6) is 0.364. The Morgan fingerprint density at radius 1 is 1.22 bits per heavy atom. The fourth-order valence-electron chi connectivity index (χ4n) is 3.90. The van der Waals surface area contributed by atoms with Gasteiger partial charge in [0.05, 0.1) is 42.5 Å². The van der Waals surface area contributed by atoms with Gasteiger partial charge in [-0.05, 0) is 43.0 Å². The molecule has 0 radical (unpaired) electrons. The lowest BCUT2D eigenvalue weighted by atomic mass is 10.1. The van der Waals surface area contributed by atoms with Crippen LogP contribution in [-0.2, 0) is 11.3 Å². The van der Waals surface area contributed by atoms with E-state index in [9.17, 15) is 24.8 Å². The molecular formula is C25H31N3O8. The number of nitro groups is 1. The van der Waals surface area contributed by atoms with Crippen molar-refractivity contribution in [3.8, 4) is 11.5 Å². The lowest BCUT2D eigenvalue weighted by Gasteiger charge is -2.25. The summed E-state index contributed by atoms with van der Waals surface area (Å²) in [7, 11) is 1.47. The summed E-state index contributed by atoms with van der Waals surface area (Å²) in [5.41, 5.74) is 0.864. The third-order valence-corrected chi connectivity index (χ3v) is 5.89. The van der Waals surface area contributed by atoms with Crippen molar-refractivity contribution in [3.05, 3.63) is 57.6 Å². The molecule has 1 aliphatic rings. The first-order valence-electron chi connectivity index (χ1n) is 11.8. The number of aliphatic hydroxyl groups excluding tert-OH is 1. The fourth-order valence-corrected chi connectivity index (χ4v) is 3.90. The predicted octanol–water partition coefficient (Wildman–Crippen LogP) is 4.13. The van der Waals surface area contributed by atoms with E-state index in [4.69, 9.17) is 14.2 Å². The molecule has 0 spiro atoms. The van der Waals surface area contributed by atoms with Gasteiger partial charge in [0.1, 0.15) is 6.61 Å². The van der Waals surface area contributed by atoms with Gasteiger partial charge in [-0.25, -0.2) is 4.79 Å². The van der Waals surface area contributed by atoms with E-state index in [1.165, 1.54) is 43.5 Å². The number of likely N-dealkylation sites (tertiary alicyclic amines) is 1. The number of nitrogens with one attached hydrogen (secondary N) is 1. The van der Waals surface area contributed by atoms with E-state index in [1.54, 1.807) is 4.90 Å². The van der Waals surface area contributed by atoms with Gasteiger partial charge in [0.15, 0.2) is 11.5 Å². The van der Waals surface area contributed by atoms with Gasteiger partial charge in [0, 0.05) is 24.7 Å². The number of nitro benzene ring substituents is 1.